The Hall–Kier alpha value is -3.12. The summed E-state index contributed by atoms with van der Waals surface area (Å²) in [6.07, 6.45) is 6.46. The minimum atomic E-state index is -2.85. The van der Waals surface area contributed by atoms with Crippen molar-refractivity contribution in [3.05, 3.63) is 58.6 Å². The number of aryl methyl sites for hydroxylation is 1. The fraction of sp³-hybridized carbons (Fsp3) is 0.261. The fourth-order valence-corrected chi connectivity index (χ4v) is 2.43. The molecule has 1 amide bonds. The van der Waals surface area contributed by atoms with Gasteiger partial charge in [-0.2, -0.15) is 0 Å². The van der Waals surface area contributed by atoms with E-state index < -0.39 is 24.9 Å². The van der Waals surface area contributed by atoms with Crippen LogP contribution in [0.4, 0.5) is 0 Å². The van der Waals surface area contributed by atoms with E-state index in [0.717, 1.165) is 0 Å². The van der Waals surface area contributed by atoms with Gasteiger partial charge >= 0.3 is 0 Å². The van der Waals surface area contributed by atoms with Gasteiger partial charge in [-0.3, -0.25) is 4.79 Å². The second-order valence-corrected chi connectivity index (χ2v) is 5.98. The molecular formula is C23H22ClNO4. The van der Waals surface area contributed by atoms with Gasteiger partial charge in [0.25, 0.3) is 5.91 Å². The minimum absolute atomic E-state index is 0.0246. The van der Waals surface area contributed by atoms with Crippen LogP contribution in [0.5, 0.6) is 11.5 Å². The van der Waals surface area contributed by atoms with E-state index in [1.165, 1.54) is 37.4 Å². The van der Waals surface area contributed by atoms with Crippen molar-refractivity contribution in [1.82, 2.24) is 5.32 Å². The third-order valence-electron chi connectivity index (χ3n) is 3.61. The van der Waals surface area contributed by atoms with Crippen LogP contribution < -0.4 is 14.8 Å². The summed E-state index contributed by atoms with van der Waals surface area (Å²) in [5.41, 5.74) is 0.283. The van der Waals surface area contributed by atoms with Crippen molar-refractivity contribution in [3.63, 3.8) is 0 Å². The average Bonchev–Trinajstić information content (AvgIpc) is 2.78. The zero-order valence-corrected chi connectivity index (χ0v) is 16.5. The summed E-state index contributed by atoms with van der Waals surface area (Å²) in [5.74, 6) is 4.07. The summed E-state index contributed by atoms with van der Waals surface area (Å²) in [7, 11) is 1.35. The topological polar surface area (TPSA) is 56.8 Å². The molecule has 1 atom stereocenters. The summed E-state index contributed by atoms with van der Waals surface area (Å²) < 4.78 is 49.4. The first kappa shape index (κ1) is 16.8. The molecule has 0 aromatic heterocycles. The Balaban J connectivity index is 2.32. The Morgan fingerprint density at radius 2 is 1.90 bits per heavy atom. The highest BCUT2D eigenvalue weighted by atomic mass is 35.5. The summed E-state index contributed by atoms with van der Waals surface area (Å²) in [5, 5.41) is 2.53. The van der Waals surface area contributed by atoms with Crippen LogP contribution in [-0.2, 0) is 15.9 Å². The highest BCUT2D eigenvalue weighted by Gasteiger charge is 2.21. The smallest absolute Gasteiger partial charge is 0.253 e. The standard InChI is InChI=1S/C23H22ClNO4/c1-4-14-28-20-11-6-17(16-21(20)27-3)12-13-25-23(26)22(29-15-5-2)18-7-9-19(24)10-8-18/h1-2,6-11,16,22H,12-15H2,3H3,(H,25,26)/i12D2,13D2. The number of halogens is 1. The maximum Gasteiger partial charge on any atom is 0.253 e. The summed E-state index contributed by atoms with van der Waals surface area (Å²) >= 11 is 5.89. The molecule has 2 aromatic rings. The SMILES string of the molecule is [2H]C([2H])(NC(=O)C(OCC#C)c1ccc(Cl)cc1)C([2H])([2H])c1ccc(OCC#C)c(OC)c1. The molecule has 0 bridgehead atoms. The lowest BCUT2D eigenvalue weighted by molar-refractivity contribution is -0.132. The second kappa shape index (κ2) is 11.7. The van der Waals surface area contributed by atoms with E-state index in [0.29, 0.717) is 10.6 Å². The number of benzene rings is 2. The summed E-state index contributed by atoms with van der Waals surface area (Å²) in [4.78, 5) is 12.9. The van der Waals surface area contributed by atoms with Gasteiger partial charge in [-0.15, -0.1) is 12.8 Å². The van der Waals surface area contributed by atoms with Gasteiger partial charge in [-0.05, 0) is 41.8 Å². The van der Waals surface area contributed by atoms with Crippen LogP contribution >= 0.6 is 11.6 Å². The molecule has 0 spiro atoms. The molecule has 0 aliphatic heterocycles. The maximum atomic E-state index is 12.9. The van der Waals surface area contributed by atoms with Crippen molar-refractivity contribution >= 4 is 17.5 Å². The summed E-state index contributed by atoms with van der Waals surface area (Å²) in [6.45, 7) is -3.09. The number of terminal acetylenes is 2. The average molecular weight is 416 g/mol. The first-order chi connectivity index (χ1) is 15.6. The van der Waals surface area contributed by atoms with Crippen LogP contribution in [0.3, 0.4) is 0 Å². The summed E-state index contributed by atoms with van der Waals surface area (Å²) in [6, 6.07) is 10.2. The van der Waals surface area contributed by atoms with Crippen LogP contribution in [0.15, 0.2) is 42.5 Å². The number of ether oxygens (including phenoxy) is 3. The molecule has 1 N–H and O–H groups in total. The largest absolute Gasteiger partial charge is 0.493 e. The zero-order valence-electron chi connectivity index (χ0n) is 19.7. The molecule has 150 valence electrons. The molecule has 1 unspecified atom stereocenters. The quantitative estimate of drug-likeness (QED) is 0.604. The van der Waals surface area contributed by atoms with Crippen LogP contribution in [0.1, 0.15) is 22.7 Å². The molecule has 6 heteroatoms. The second-order valence-electron chi connectivity index (χ2n) is 5.54. The van der Waals surface area contributed by atoms with Crippen LogP contribution in [-0.4, -0.2) is 32.7 Å². The Morgan fingerprint density at radius 1 is 1.17 bits per heavy atom. The van der Waals surface area contributed by atoms with E-state index in [1.54, 1.807) is 12.1 Å². The number of methoxy groups -OCH3 is 1. The zero-order chi connectivity index (χ0) is 24.6. The normalized spacial score (nSPS) is 14.1. The molecule has 5 nitrogen and oxygen atoms in total. The predicted octanol–water partition coefficient (Wildman–Crippen LogP) is 3.41. The highest BCUT2D eigenvalue weighted by molar-refractivity contribution is 6.30. The Labute approximate surface area is 181 Å². The number of amides is 1. The number of carbonyl (C=O) groups excluding carboxylic acids is 1. The molecule has 29 heavy (non-hydrogen) atoms. The Bertz CT molecular complexity index is 1060. The first-order valence-corrected chi connectivity index (χ1v) is 8.82. The van der Waals surface area contributed by atoms with Gasteiger partial charge in [0.2, 0.25) is 0 Å². The molecule has 0 saturated heterocycles. The molecule has 0 heterocycles. The fourth-order valence-electron chi connectivity index (χ4n) is 2.31. The lowest BCUT2D eigenvalue weighted by atomic mass is 10.1. The Morgan fingerprint density at radius 3 is 2.55 bits per heavy atom. The lowest BCUT2D eigenvalue weighted by Gasteiger charge is -2.17. The molecular weight excluding hydrogens is 390 g/mol. The molecule has 2 rings (SSSR count). The van der Waals surface area contributed by atoms with Gasteiger partial charge in [0.1, 0.15) is 13.2 Å². The first-order valence-electron chi connectivity index (χ1n) is 10.4. The molecule has 0 saturated carbocycles. The third-order valence-corrected chi connectivity index (χ3v) is 3.86. The van der Waals surface area contributed by atoms with Crippen LogP contribution in [0, 0.1) is 24.7 Å². The van der Waals surface area contributed by atoms with E-state index in [2.05, 4.69) is 17.2 Å². The lowest BCUT2D eigenvalue weighted by Crippen LogP contribution is -2.32. The van der Waals surface area contributed by atoms with E-state index >= 15 is 0 Å². The molecule has 0 radical (unpaired) electrons. The van der Waals surface area contributed by atoms with Crippen molar-refractivity contribution in [2.75, 3.05) is 26.8 Å². The maximum absolute atomic E-state index is 12.9. The third kappa shape index (κ3) is 6.76. The number of hydrogen-bond acceptors (Lipinski definition) is 4. The minimum Gasteiger partial charge on any atom is -0.493 e. The number of carbonyl (C=O) groups is 1. The van der Waals surface area contributed by atoms with Gasteiger partial charge in [-0.1, -0.05) is 41.6 Å². The molecule has 0 aliphatic carbocycles. The van der Waals surface area contributed by atoms with Gasteiger partial charge in [0.15, 0.2) is 17.6 Å². The monoisotopic (exact) mass is 415 g/mol. The van der Waals surface area contributed by atoms with E-state index in [1.807, 2.05) is 0 Å². The van der Waals surface area contributed by atoms with Gasteiger partial charge < -0.3 is 19.5 Å². The molecule has 0 fully saturated rings. The molecule has 0 aliphatic rings. The van der Waals surface area contributed by atoms with Crippen LogP contribution in [0.25, 0.3) is 0 Å². The number of rotatable bonds is 10. The van der Waals surface area contributed by atoms with E-state index in [-0.39, 0.29) is 30.3 Å². The molecule has 2 aromatic carbocycles. The van der Waals surface area contributed by atoms with Crippen molar-refractivity contribution in [1.29, 1.82) is 0 Å². The predicted molar refractivity (Wildman–Crippen MR) is 113 cm³/mol. The highest BCUT2D eigenvalue weighted by Crippen LogP contribution is 2.28. The van der Waals surface area contributed by atoms with Crippen molar-refractivity contribution in [3.8, 4) is 36.2 Å². The number of nitrogens with one attached hydrogen (secondary N) is 1. The van der Waals surface area contributed by atoms with Crippen LogP contribution in [0.2, 0.25) is 5.02 Å². The van der Waals surface area contributed by atoms with E-state index in [4.69, 9.17) is 44.1 Å². The van der Waals surface area contributed by atoms with Gasteiger partial charge in [0, 0.05) is 17.0 Å². The van der Waals surface area contributed by atoms with Crippen molar-refractivity contribution < 1.29 is 24.5 Å². The van der Waals surface area contributed by atoms with Crippen molar-refractivity contribution in [2.24, 2.45) is 0 Å². The van der Waals surface area contributed by atoms with Gasteiger partial charge in [0.05, 0.1) is 7.11 Å². The number of hydrogen-bond donors (Lipinski definition) is 1. The van der Waals surface area contributed by atoms with Gasteiger partial charge in [-0.25, -0.2) is 0 Å². The van der Waals surface area contributed by atoms with Crippen molar-refractivity contribution in [2.45, 2.75) is 12.5 Å². The van der Waals surface area contributed by atoms with E-state index in [9.17, 15) is 4.79 Å². The Kier molecular flexibility index (Phi) is 6.76.